The molecule has 1 aliphatic rings. The first-order valence-electron chi connectivity index (χ1n) is 10.5. The van der Waals surface area contributed by atoms with Crippen molar-refractivity contribution in [3.8, 4) is 5.82 Å². The fraction of sp³-hybridized carbons (Fsp3) is 0.348. The van der Waals surface area contributed by atoms with E-state index >= 15 is 0 Å². The van der Waals surface area contributed by atoms with Crippen LogP contribution in [0, 0.1) is 6.92 Å². The second-order valence-electron chi connectivity index (χ2n) is 7.94. The van der Waals surface area contributed by atoms with Crippen LogP contribution in [0.3, 0.4) is 0 Å². The highest BCUT2D eigenvalue weighted by Gasteiger charge is 2.30. The van der Waals surface area contributed by atoms with Crippen LogP contribution < -0.4 is 5.32 Å². The third-order valence-corrected chi connectivity index (χ3v) is 5.63. The van der Waals surface area contributed by atoms with Crippen molar-refractivity contribution >= 4 is 5.91 Å². The molecule has 0 atom stereocenters. The molecule has 1 amide bonds. The fourth-order valence-electron chi connectivity index (χ4n) is 3.78. The highest BCUT2D eigenvalue weighted by Crippen LogP contribution is 2.28. The number of nitrogens with one attached hydrogen (secondary N) is 1. The van der Waals surface area contributed by atoms with Crippen molar-refractivity contribution in [3.63, 3.8) is 0 Å². The molecule has 0 bridgehead atoms. The summed E-state index contributed by atoms with van der Waals surface area (Å²) in [7, 11) is 0. The molecule has 0 radical (unpaired) electrons. The van der Waals surface area contributed by atoms with E-state index in [1.54, 1.807) is 6.92 Å². The number of benzene rings is 1. The Morgan fingerprint density at radius 3 is 2.34 bits per heavy atom. The summed E-state index contributed by atoms with van der Waals surface area (Å²) in [5, 5.41) is 6.99. The number of halogens is 3. The Labute approximate surface area is 184 Å². The number of rotatable bonds is 6. The molecule has 1 saturated heterocycles. The Balaban J connectivity index is 1.37. The molecular formula is C23H24F3N5O. The van der Waals surface area contributed by atoms with Gasteiger partial charge >= 0.3 is 6.18 Å². The summed E-state index contributed by atoms with van der Waals surface area (Å²) in [5.41, 5.74) is 2.24. The summed E-state index contributed by atoms with van der Waals surface area (Å²) in [4.78, 5) is 18.9. The topological polar surface area (TPSA) is 63.1 Å². The number of amides is 1. The minimum atomic E-state index is -4.46. The number of pyridine rings is 1. The number of carbonyl (C=O) groups excluding carboxylic acids is 1. The van der Waals surface area contributed by atoms with Crippen molar-refractivity contribution in [1.29, 1.82) is 0 Å². The van der Waals surface area contributed by atoms with Crippen LogP contribution in [0.4, 0.5) is 13.2 Å². The summed E-state index contributed by atoms with van der Waals surface area (Å²) in [5.74, 6) is -0.0926. The molecule has 0 saturated carbocycles. The van der Waals surface area contributed by atoms with E-state index in [1.807, 2.05) is 12.1 Å². The van der Waals surface area contributed by atoms with Crippen molar-refractivity contribution in [3.05, 3.63) is 76.7 Å². The van der Waals surface area contributed by atoms with Crippen LogP contribution in [-0.4, -0.2) is 38.7 Å². The minimum absolute atomic E-state index is 0.211. The summed E-state index contributed by atoms with van der Waals surface area (Å²) in [6.45, 7) is 5.28. The molecular weight excluding hydrogens is 419 g/mol. The number of hydrogen-bond acceptors (Lipinski definition) is 4. The maximum absolute atomic E-state index is 12.7. The Kier molecular flexibility index (Phi) is 6.27. The van der Waals surface area contributed by atoms with E-state index in [-0.39, 0.29) is 11.7 Å². The average Bonchev–Trinajstić information content (AvgIpc) is 3.42. The third kappa shape index (κ3) is 4.99. The molecule has 1 aromatic carbocycles. The second kappa shape index (κ2) is 9.12. The summed E-state index contributed by atoms with van der Waals surface area (Å²) >= 11 is 0. The maximum atomic E-state index is 12.7. The second-order valence-corrected chi connectivity index (χ2v) is 7.94. The number of nitrogens with zero attached hydrogens (tertiary/aromatic N) is 4. The number of aromatic nitrogens is 3. The lowest BCUT2D eigenvalue weighted by Crippen LogP contribution is -2.23. The van der Waals surface area contributed by atoms with Gasteiger partial charge in [0, 0.05) is 19.3 Å². The summed E-state index contributed by atoms with van der Waals surface area (Å²) in [6, 6.07) is 10.4. The Morgan fingerprint density at radius 2 is 1.72 bits per heavy atom. The molecule has 0 aliphatic carbocycles. The van der Waals surface area contributed by atoms with Gasteiger partial charge in [-0.2, -0.15) is 18.3 Å². The van der Waals surface area contributed by atoms with Gasteiger partial charge in [0.2, 0.25) is 0 Å². The van der Waals surface area contributed by atoms with Gasteiger partial charge in [0.25, 0.3) is 5.91 Å². The van der Waals surface area contributed by atoms with Gasteiger partial charge in [0.1, 0.15) is 0 Å². The van der Waals surface area contributed by atoms with Gasteiger partial charge in [-0.3, -0.25) is 9.69 Å². The third-order valence-electron chi connectivity index (χ3n) is 5.63. The normalized spacial score (nSPS) is 14.6. The van der Waals surface area contributed by atoms with Crippen LogP contribution in [-0.2, 0) is 19.3 Å². The summed E-state index contributed by atoms with van der Waals surface area (Å²) in [6.07, 6.45) is 0.207. The van der Waals surface area contributed by atoms with Crippen LogP contribution in [0.2, 0.25) is 0 Å². The van der Waals surface area contributed by atoms with Crippen LogP contribution >= 0.6 is 0 Å². The van der Waals surface area contributed by atoms with Crippen molar-refractivity contribution in [2.24, 2.45) is 0 Å². The molecule has 1 N–H and O–H groups in total. The fourth-order valence-corrected chi connectivity index (χ4v) is 3.78. The summed E-state index contributed by atoms with van der Waals surface area (Å²) < 4.78 is 39.5. The van der Waals surface area contributed by atoms with Gasteiger partial charge in [-0.05, 0) is 56.1 Å². The Bertz CT molecular complexity index is 1070. The lowest BCUT2D eigenvalue weighted by Gasteiger charge is -2.14. The zero-order valence-corrected chi connectivity index (χ0v) is 17.7. The molecule has 168 valence electrons. The van der Waals surface area contributed by atoms with E-state index in [0.717, 1.165) is 37.5 Å². The van der Waals surface area contributed by atoms with Crippen molar-refractivity contribution in [2.75, 3.05) is 13.1 Å². The van der Waals surface area contributed by atoms with Crippen LogP contribution in [0.5, 0.6) is 0 Å². The zero-order valence-electron chi connectivity index (χ0n) is 17.7. The largest absolute Gasteiger partial charge is 0.417 e. The van der Waals surface area contributed by atoms with Gasteiger partial charge in [-0.25, -0.2) is 9.67 Å². The first kappa shape index (κ1) is 22.0. The zero-order chi connectivity index (χ0) is 22.7. The molecule has 6 nitrogen and oxygen atoms in total. The molecule has 1 fully saturated rings. The number of likely N-dealkylation sites (tertiary alicyclic amines) is 1. The number of hydrogen-bond donors (Lipinski definition) is 1. The molecule has 1 aliphatic heterocycles. The highest BCUT2D eigenvalue weighted by molar-refractivity contribution is 5.95. The maximum Gasteiger partial charge on any atom is 0.417 e. The van der Waals surface area contributed by atoms with Gasteiger partial charge in [-0.15, -0.1) is 0 Å². The smallest absolute Gasteiger partial charge is 0.348 e. The molecule has 3 aromatic rings. The SMILES string of the molecule is Cc1c(C(=O)NCc2ccc(CN3CCCC3)cc2)cnn1-c1ccc(C(F)(F)F)cn1. The predicted molar refractivity (Wildman–Crippen MR) is 113 cm³/mol. The van der Waals surface area contributed by atoms with Gasteiger partial charge in [0.15, 0.2) is 5.82 Å². The van der Waals surface area contributed by atoms with E-state index in [9.17, 15) is 18.0 Å². The lowest BCUT2D eigenvalue weighted by atomic mass is 10.1. The molecule has 0 spiro atoms. The first-order valence-corrected chi connectivity index (χ1v) is 10.5. The molecule has 0 unspecified atom stereocenters. The molecule has 2 aromatic heterocycles. The average molecular weight is 443 g/mol. The van der Waals surface area contributed by atoms with Crippen LogP contribution in [0.15, 0.2) is 48.8 Å². The predicted octanol–water partition coefficient (Wildman–Crippen LogP) is 4.12. The van der Waals surface area contributed by atoms with Gasteiger partial charge < -0.3 is 5.32 Å². The van der Waals surface area contributed by atoms with E-state index in [0.29, 0.717) is 17.8 Å². The van der Waals surface area contributed by atoms with Crippen LogP contribution in [0.1, 0.15) is 45.6 Å². The highest BCUT2D eigenvalue weighted by atomic mass is 19.4. The first-order chi connectivity index (χ1) is 15.3. The number of carbonyl (C=O) groups is 1. The van der Waals surface area contributed by atoms with E-state index in [1.165, 1.54) is 35.4 Å². The molecule has 3 heterocycles. The van der Waals surface area contributed by atoms with E-state index in [2.05, 4.69) is 32.4 Å². The van der Waals surface area contributed by atoms with Crippen LogP contribution in [0.25, 0.3) is 5.82 Å². The Hall–Kier alpha value is -3.20. The Morgan fingerprint density at radius 1 is 1.03 bits per heavy atom. The number of alkyl halides is 3. The van der Waals surface area contributed by atoms with Crippen molar-refractivity contribution in [2.45, 2.75) is 39.0 Å². The van der Waals surface area contributed by atoms with E-state index < -0.39 is 11.7 Å². The molecule has 9 heteroatoms. The van der Waals surface area contributed by atoms with Crippen molar-refractivity contribution < 1.29 is 18.0 Å². The lowest BCUT2D eigenvalue weighted by molar-refractivity contribution is -0.137. The van der Waals surface area contributed by atoms with E-state index in [4.69, 9.17) is 0 Å². The van der Waals surface area contributed by atoms with Gasteiger partial charge in [-0.1, -0.05) is 24.3 Å². The van der Waals surface area contributed by atoms with Crippen molar-refractivity contribution in [1.82, 2.24) is 25.0 Å². The minimum Gasteiger partial charge on any atom is -0.348 e. The monoisotopic (exact) mass is 443 g/mol. The molecule has 32 heavy (non-hydrogen) atoms. The van der Waals surface area contributed by atoms with Gasteiger partial charge in [0.05, 0.1) is 23.0 Å². The standard InChI is InChI=1S/C23H24F3N5O/c1-16-20(14-29-31(16)21-9-8-19(13-27-21)23(24,25)26)22(32)28-12-17-4-6-18(7-5-17)15-30-10-2-3-11-30/h4-9,13-14H,2-3,10-12,15H2,1H3,(H,28,32). The molecule has 4 rings (SSSR count). The quantitative estimate of drug-likeness (QED) is 0.623.